The average molecular weight is 388 g/mol. The van der Waals surface area contributed by atoms with Gasteiger partial charge >= 0.3 is 5.69 Å². The van der Waals surface area contributed by atoms with Gasteiger partial charge in [0.15, 0.2) is 5.65 Å². The monoisotopic (exact) mass is 388 g/mol. The summed E-state index contributed by atoms with van der Waals surface area (Å²) in [6.07, 6.45) is 1.99. The minimum atomic E-state index is -0.297. The summed E-state index contributed by atoms with van der Waals surface area (Å²) in [6, 6.07) is 20.0. The lowest BCUT2D eigenvalue weighted by Crippen LogP contribution is -2.40. The Balaban J connectivity index is 1.78. The molecule has 1 N–H and O–H groups in total. The third kappa shape index (κ3) is 3.92. The fraction of sp³-hybridized carbons (Fsp3) is 0.261. The topological polar surface area (TPSA) is 72.7 Å². The number of aromatic amines is 1. The van der Waals surface area contributed by atoms with E-state index in [0.717, 1.165) is 11.1 Å². The van der Waals surface area contributed by atoms with Gasteiger partial charge in [0.05, 0.1) is 0 Å². The first-order valence-electron chi connectivity index (χ1n) is 9.97. The highest BCUT2D eigenvalue weighted by Crippen LogP contribution is 2.12. The van der Waals surface area contributed by atoms with Crippen molar-refractivity contribution in [3.05, 3.63) is 98.5 Å². The van der Waals surface area contributed by atoms with Crippen LogP contribution in [0.15, 0.2) is 70.3 Å². The quantitative estimate of drug-likeness (QED) is 0.529. The van der Waals surface area contributed by atoms with Crippen LogP contribution in [-0.4, -0.2) is 19.1 Å². The molecule has 0 radical (unpaired) electrons. The molecule has 0 atom stereocenters. The molecule has 2 aromatic carbocycles. The summed E-state index contributed by atoms with van der Waals surface area (Å²) >= 11 is 0. The van der Waals surface area contributed by atoms with E-state index in [0.29, 0.717) is 49.3 Å². The van der Waals surface area contributed by atoms with Crippen LogP contribution in [-0.2, 0) is 25.9 Å². The van der Waals surface area contributed by atoms with Gasteiger partial charge in [-0.3, -0.25) is 13.9 Å². The summed E-state index contributed by atoms with van der Waals surface area (Å²) < 4.78 is 2.95. The first kappa shape index (κ1) is 18.9. The molecule has 2 aromatic heterocycles. The fourth-order valence-corrected chi connectivity index (χ4v) is 3.60. The molecule has 0 saturated heterocycles. The molecule has 0 unspecified atom stereocenters. The standard InChI is InChI=1S/C23H24N4O2/c1-2-14-27-22(28)20-21(25-19(24-20)16-18-11-7-4-8-12-18)26(23(27)29)15-13-17-9-5-3-6-10-17/h3-12H,2,13-16H2,1H3,(H,24,25). The number of H-pyrrole nitrogens is 1. The molecule has 0 bridgehead atoms. The van der Waals surface area contributed by atoms with Crippen molar-refractivity contribution in [2.75, 3.05) is 0 Å². The predicted molar refractivity (Wildman–Crippen MR) is 114 cm³/mol. The number of rotatable bonds is 7. The van der Waals surface area contributed by atoms with Crippen LogP contribution in [0.1, 0.15) is 30.3 Å². The van der Waals surface area contributed by atoms with Gasteiger partial charge in [-0.1, -0.05) is 67.6 Å². The third-order valence-electron chi connectivity index (χ3n) is 5.04. The van der Waals surface area contributed by atoms with Gasteiger partial charge in [0.2, 0.25) is 0 Å². The zero-order chi connectivity index (χ0) is 20.2. The molecule has 0 amide bonds. The number of fused-ring (bicyclic) bond motifs is 1. The van der Waals surface area contributed by atoms with Crippen molar-refractivity contribution in [1.29, 1.82) is 0 Å². The van der Waals surface area contributed by atoms with Gasteiger partial charge in [-0.2, -0.15) is 0 Å². The Kier molecular flexibility index (Phi) is 5.42. The molecule has 0 aliphatic carbocycles. The average Bonchev–Trinajstić information content (AvgIpc) is 3.16. The number of aromatic nitrogens is 4. The van der Waals surface area contributed by atoms with Gasteiger partial charge in [-0.05, 0) is 24.0 Å². The Morgan fingerprint density at radius 2 is 1.52 bits per heavy atom. The van der Waals surface area contributed by atoms with E-state index < -0.39 is 0 Å². The SMILES string of the molecule is CCCn1c(=O)c2[nH]c(Cc3ccccc3)nc2n(CCc2ccccc2)c1=O. The number of imidazole rings is 1. The zero-order valence-corrected chi connectivity index (χ0v) is 16.5. The van der Waals surface area contributed by atoms with Crippen molar-refractivity contribution < 1.29 is 0 Å². The summed E-state index contributed by atoms with van der Waals surface area (Å²) in [4.78, 5) is 33.8. The van der Waals surface area contributed by atoms with Gasteiger partial charge < -0.3 is 4.98 Å². The maximum absolute atomic E-state index is 13.1. The Labute approximate surface area is 168 Å². The van der Waals surface area contributed by atoms with Crippen LogP contribution in [0.25, 0.3) is 11.2 Å². The molecule has 0 fully saturated rings. The molecule has 29 heavy (non-hydrogen) atoms. The normalized spacial score (nSPS) is 11.2. The van der Waals surface area contributed by atoms with Crippen molar-refractivity contribution in [3.8, 4) is 0 Å². The highest BCUT2D eigenvalue weighted by atomic mass is 16.2. The van der Waals surface area contributed by atoms with E-state index in [9.17, 15) is 9.59 Å². The lowest BCUT2D eigenvalue weighted by molar-refractivity contribution is 0.559. The van der Waals surface area contributed by atoms with E-state index in [-0.39, 0.29) is 11.2 Å². The Morgan fingerprint density at radius 1 is 0.862 bits per heavy atom. The smallest absolute Gasteiger partial charge is 0.332 e. The second-order valence-corrected chi connectivity index (χ2v) is 7.17. The number of hydrogen-bond donors (Lipinski definition) is 1. The number of nitrogens with zero attached hydrogens (tertiary/aromatic N) is 3. The van der Waals surface area contributed by atoms with Gasteiger partial charge in [0, 0.05) is 19.5 Å². The highest BCUT2D eigenvalue weighted by Gasteiger charge is 2.17. The molecule has 4 rings (SSSR count). The van der Waals surface area contributed by atoms with Gasteiger partial charge in [-0.15, -0.1) is 0 Å². The maximum Gasteiger partial charge on any atom is 0.332 e. The molecule has 0 aliphatic rings. The van der Waals surface area contributed by atoms with E-state index in [2.05, 4.69) is 9.97 Å². The van der Waals surface area contributed by atoms with Crippen LogP contribution in [0.2, 0.25) is 0 Å². The van der Waals surface area contributed by atoms with Gasteiger partial charge in [-0.25, -0.2) is 9.78 Å². The molecule has 0 saturated carbocycles. The van der Waals surface area contributed by atoms with E-state index in [1.807, 2.05) is 67.6 Å². The van der Waals surface area contributed by atoms with Crippen LogP contribution < -0.4 is 11.2 Å². The summed E-state index contributed by atoms with van der Waals surface area (Å²) in [5, 5.41) is 0. The first-order valence-corrected chi connectivity index (χ1v) is 9.97. The number of aryl methyl sites for hydroxylation is 2. The van der Waals surface area contributed by atoms with Crippen LogP contribution in [0.3, 0.4) is 0 Å². The minimum Gasteiger partial charge on any atom is -0.336 e. The summed E-state index contributed by atoms with van der Waals surface area (Å²) in [5.41, 5.74) is 2.48. The summed E-state index contributed by atoms with van der Waals surface area (Å²) in [6.45, 7) is 2.82. The van der Waals surface area contributed by atoms with E-state index in [1.54, 1.807) is 4.57 Å². The molecule has 148 valence electrons. The number of hydrogen-bond acceptors (Lipinski definition) is 3. The Hall–Kier alpha value is -3.41. The summed E-state index contributed by atoms with van der Waals surface area (Å²) in [5.74, 6) is 0.686. The van der Waals surface area contributed by atoms with Crippen LogP contribution in [0.4, 0.5) is 0 Å². The van der Waals surface area contributed by atoms with E-state index >= 15 is 0 Å². The molecule has 0 spiro atoms. The van der Waals surface area contributed by atoms with Crippen molar-refractivity contribution in [2.45, 2.75) is 39.3 Å². The number of nitrogens with one attached hydrogen (secondary N) is 1. The van der Waals surface area contributed by atoms with Crippen molar-refractivity contribution in [3.63, 3.8) is 0 Å². The molecule has 6 nitrogen and oxygen atoms in total. The maximum atomic E-state index is 13.1. The molecule has 6 heteroatoms. The lowest BCUT2D eigenvalue weighted by Gasteiger charge is -2.10. The van der Waals surface area contributed by atoms with E-state index in [1.165, 1.54) is 4.57 Å². The van der Waals surface area contributed by atoms with E-state index in [4.69, 9.17) is 0 Å². The van der Waals surface area contributed by atoms with Gasteiger partial charge in [0.1, 0.15) is 11.3 Å². The predicted octanol–water partition coefficient (Wildman–Crippen LogP) is 3.13. The van der Waals surface area contributed by atoms with Crippen molar-refractivity contribution in [2.24, 2.45) is 0 Å². The van der Waals surface area contributed by atoms with Crippen LogP contribution >= 0.6 is 0 Å². The second kappa shape index (κ2) is 8.31. The largest absolute Gasteiger partial charge is 0.336 e. The minimum absolute atomic E-state index is 0.293. The Morgan fingerprint density at radius 3 is 2.17 bits per heavy atom. The molecule has 0 aliphatic heterocycles. The number of benzene rings is 2. The van der Waals surface area contributed by atoms with Crippen LogP contribution in [0, 0.1) is 0 Å². The van der Waals surface area contributed by atoms with Crippen LogP contribution in [0.5, 0.6) is 0 Å². The summed E-state index contributed by atoms with van der Waals surface area (Å²) in [7, 11) is 0. The van der Waals surface area contributed by atoms with Gasteiger partial charge in [0.25, 0.3) is 5.56 Å². The fourth-order valence-electron chi connectivity index (χ4n) is 3.60. The second-order valence-electron chi connectivity index (χ2n) is 7.17. The molecular formula is C23H24N4O2. The molecule has 2 heterocycles. The lowest BCUT2D eigenvalue weighted by atomic mass is 10.1. The molecule has 4 aromatic rings. The van der Waals surface area contributed by atoms with Crippen molar-refractivity contribution in [1.82, 2.24) is 19.1 Å². The first-order chi connectivity index (χ1) is 14.2. The highest BCUT2D eigenvalue weighted by molar-refractivity contribution is 5.70. The van der Waals surface area contributed by atoms with Crippen molar-refractivity contribution >= 4 is 11.2 Å². The molecular weight excluding hydrogens is 364 g/mol. The third-order valence-corrected chi connectivity index (χ3v) is 5.04. The Bertz CT molecular complexity index is 1220. The zero-order valence-electron chi connectivity index (χ0n) is 16.5.